The van der Waals surface area contributed by atoms with Gasteiger partial charge in [-0.05, 0) is 6.42 Å². The van der Waals surface area contributed by atoms with Gasteiger partial charge < -0.3 is 15.2 Å². The van der Waals surface area contributed by atoms with Gasteiger partial charge in [0.1, 0.15) is 5.60 Å². The quantitative estimate of drug-likeness (QED) is 0.612. The molecule has 0 bridgehead atoms. The van der Waals surface area contributed by atoms with Crippen LogP contribution in [0.15, 0.2) is 0 Å². The van der Waals surface area contributed by atoms with Crippen molar-refractivity contribution in [1.29, 1.82) is 0 Å². The summed E-state index contributed by atoms with van der Waals surface area (Å²) < 4.78 is 10.5. The van der Waals surface area contributed by atoms with Crippen LogP contribution in [0.1, 0.15) is 13.3 Å². The van der Waals surface area contributed by atoms with Gasteiger partial charge >= 0.3 is 0 Å². The van der Waals surface area contributed by atoms with Gasteiger partial charge in [-0.25, -0.2) is 0 Å². The van der Waals surface area contributed by atoms with E-state index >= 15 is 0 Å². The molecule has 0 aromatic heterocycles. The van der Waals surface area contributed by atoms with E-state index < -0.39 is 0 Å². The summed E-state index contributed by atoms with van der Waals surface area (Å²) in [6.07, 6.45) is 1.04. The van der Waals surface area contributed by atoms with Crippen molar-refractivity contribution in [2.75, 3.05) is 26.4 Å². The maximum atomic E-state index is 5.51. The third-order valence-electron chi connectivity index (χ3n) is 1.71. The zero-order chi connectivity index (χ0) is 7.45. The molecule has 0 atom stereocenters. The summed E-state index contributed by atoms with van der Waals surface area (Å²) in [5, 5.41) is 0. The van der Waals surface area contributed by atoms with Crippen LogP contribution in [-0.4, -0.2) is 32.0 Å². The molecule has 0 radical (unpaired) electrons. The van der Waals surface area contributed by atoms with Crippen LogP contribution in [-0.2, 0) is 9.47 Å². The Bertz CT molecular complexity index is 96.3. The predicted octanol–water partition coefficient (Wildman–Crippen LogP) is 0.141. The van der Waals surface area contributed by atoms with Crippen LogP contribution < -0.4 is 5.73 Å². The highest BCUT2D eigenvalue weighted by Gasteiger charge is 2.37. The first-order chi connectivity index (χ1) is 4.83. The second-order valence-electron chi connectivity index (χ2n) is 2.73. The van der Waals surface area contributed by atoms with Crippen LogP contribution in [0.25, 0.3) is 0 Å². The molecule has 1 aliphatic heterocycles. The van der Waals surface area contributed by atoms with Gasteiger partial charge in [0.05, 0.1) is 13.2 Å². The topological polar surface area (TPSA) is 44.5 Å². The van der Waals surface area contributed by atoms with E-state index in [4.69, 9.17) is 15.2 Å². The largest absolute Gasteiger partial charge is 0.375 e. The Morgan fingerprint density at radius 3 is 2.60 bits per heavy atom. The molecule has 1 aliphatic rings. The first-order valence-corrected chi connectivity index (χ1v) is 3.75. The highest BCUT2D eigenvalue weighted by molar-refractivity contribution is 4.88. The second-order valence-corrected chi connectivity index (χ2v) is 2.73. The number of rotatable bonds is 4. The fourth-order valence-electron chi connectivity index (χ4n) is 0.908. The van der Waals surface area contributed by atoms with E-state index in [0.29, 0.717) is 19.8 Å². The van der Waals surface area contributed by atoms with Crippen molar-refractivity contribution >= 4 is 0 Å². The molecule has 3 heteroatoms. The Morgan fingerprint density at radius 1 is 1.60 bits per heavy atom. The summed E-state index contributed by atoms with van der Waals surface area (Å²) in [7, 11) is 0. The molecule has 0 unspecified atom stereocenters. The van der Waals surface area contributed by atoms with Gasteiger partial charge in [-0.3, -0.25) is 0 Å². The fourth-order valence-corrected chi connectivity index (χ4v) is 0.908. The molecule has 1 heterocycles. The average Bonchev–Trinajstić information content (AvgIpc) is 1.87. The van der Waals surface area contributed by atoms with Crippen molar-refractivity contribution in [2.45, 2.75) is 18.9 Å². The minimum absolute atomic E-state index is 0.129. The first-order valence-electron chi connectivity index (χ1n) is 3.75. The molecule has 2 N–H and O–H groups in total. The highest BCUT2D eigenvalue weighted by Crippen LogP contribution is 2.20. The molecule has 1 saturated heterocycles. The van der Waals surface area contributed by atoms with Gasteiger partial charge in [-0.15, -0.1) is 0 Å². The molecular weight excluding hydrogens is 130 g/mol. The van der Waals surface area contributed by atoms with Crippen LogP contribution in [0.3, 0.4) is 0 Å². The molecule has 0 aromatic rings. The highest BCUT2D eigenvalue weighted by atomic mass is 16.6. The summed E-state index contributed by atoms with van der Waals surface area (Å²) in [5.41, 5.74) is 5.38. The zero-order valence-corrected chi connectivity index (χ0v) is 6.43. The molecule has 1 fully saturated rings. The van der Waals surface area contributed by atoms with Gasteiger partial charge in [0.2, 0.25) is 0 Å². The minimum atomic E-state index is -0.129. The van der Waals surface area contributed by atoms with Crippen molar-refractivity contribution in [3.8, 4) is 0 Å². The lowest BCUT2D eigenvalue weighted by atomic mass is 10.0. The number of hydrogen-bond donors (Lipinski definition) is 1. The Labute approximate surface area is 61.5 Å². The van der Waals surface area contributed by atoms with Gasteiger partial charge in [0.15, 0.2) is 0 Å². The first kappa shape index (κ1) is 7.98. The summed E-state index contributed by atoms with van der Waals surface area (Å²) in [4.78, 5) is 0. The van der Waals surface area contributed by atoms with Crippen LogP contribution >= 0.6 is 0 Å². The van der Waals surface area contributed by atoms with Crippen LogP contribution in [0, 0.1) is 0 Å². The maximum absolute atomic E-state index is 5.51. The van der Waals surface area contributed by atoms with Crippen LogP contribution in [0.2, 0.25) is 0 Å². The lowest BCUT2D eigenvalue weighted by Gasteiger charge is -2.40. The van der Waals surface area contributed by atoms with Gasteiger partial charge in [-0.2, -0.15) is 0 Å². The van der Waals surface area contributed by atoms with Crippen molar-refractivity contribution in [1.82, 2.24) is 0 Å². The normalized spacial score (nSPS) is 22.2. The average molecular weight is 145 g/mol. The summed E-state index contributed by atoms with van der Waals surface area (Å²) in [6, 6.07) is 0. The van der Waals surface area contributed by atoms with Crippen molar-refractivity contribution in [3.05, 3.63) is 0 Å². The molecule has 0 aromatic carbocycles. The van der Waals surface area contributed by atoms with Crippen LogP contribution in [0.4, 0.5) is 0 Å². The molecule has 10 heavy (non-hydrogen) atoms. The summed E-state index contributed by atoms with van der Waals surface area (Å²) >= 11 is 0. The lowest BCUT2D eigenvalue weighted by Crippen LogP contribution is -2.57. The van der Waals surface area contributed by atoms with Crippen LogP contribution in [0.5, 0.6) is 0 Å². The molecule has 0 spiro atoms. The van der Waals surface area contributed by atoms with Gasteiger partial charge in [0, 0.05) is 13.2 Å². The minimum Gasteiger partial charge on any atom is -0.375 e. The maximum Gasteiger partial charge on any atom is 0.127 e. The lowest BCUT2D eigenvalue weighted by molar-refractivity contribution is -0.203. The van der Waals surface area contributed by atoms with Crippen molar-refractivity contribution < 1.29 is 9.47 Å². The predicted molar refractivity (Wildman–Crippen MR) is 38.8 cm³/mol. The summed E-state index contributed by atoms with van der Waals surface area (Å²) in [5.74, 6) is 0. The van der Waals surface area contributed by atoms with E-state index in [2.05, 4.69) is 6.92 Å². The fraction of sp³-hybridized carbons (Fsp3) is 1.00. The molecule has 0 aliphatic carbocycles. The zero-order valence-electron chi connectivity index (χ0n) is 6.43. The molecule has 0 amide bonds. The van der Waals surface area contributed by atoms with Gasteiger partial charge in [0.25, 0.3) is 0 Å². The smallest absolute Gasteiger partial charge is 0.127 e. The second kappa shape index (κ2) is 3.32. The molecular formula is C7H15NO2. The van der Waals surface area contributed by atoms with Crippen molar-refractivity contribution in [3.63, 3.8) is 0 Å². The Morgan fingerprint density at radius 2 is 2.30 bits per heavy atom. The Hall–Kier alpha value is -0.120. The van der Waals surface area contributed by atoms with Gasteiger partial charge in [-0.1, -0.05) is 6.92 Å². The third-order valence-corrected chi connectivity index (χ3v) is 1.71. The van der Waals surface area contributed by atoms with E-state index in [0.717, 1.165) is 13.0 Å². The number of ether oxygens (including phenoxy) is 2. The Balaban J connectivity index is 2.20. The number of nitrogens with two attached hydrogens (primary N) is 1. The van der Waals surface area contributed by atoms with E-state index in [1.807, 2.05) is 0 Å². The number of hydrogen-bond acceptors (Lipinski definition) is 3. The van der Waals surface area contributed by atoms with Crippen molar-refractivity contribution in [2.24, 2.45) is 5.73 Å². The SMILES string of the molecule is CCCOC1(CN)COC1. The monoisotopic (exact) mass is 145 g/mol. The van der Waals surface area contributed by atoms with E-state index in [9.17, 15) is 0 Å². The van der Waals surface area contributed by atoms with E-state index in [1.165, 1.54) is 0 Å². The molecule has 0 saturated carbocycles. The van der Waals surface area contributed by atoms with E-state index in [1.54, 1.807) is 0 Å². The molecule has 3 nitrogen and oxygen atoms in total. The van der Waals surface area contributed by atoms with E-state index in [-0.39, 0.29) is 5.60 Å². The molecule has 60 valence electrons. The molecule has 1 rings (SSSR count). The standard InChI is InChI=1S/C7H15NO2/c1-2-3-10-7(4-8)5-9-6-7/h2-6,8H2,1H3. The third kappa shape index (κ3) is 1.48. The Kier molecular flexibility index (Phi) is 2.65. The summed E-state index contributed by atoms with van der Waals surface area (Å²) in [6.45, 7) is 4.80.